The van der Waals surface area contributed by atoms with E-state index >= 15 is 0 Å². The molecular formula is C15H24O8. The summed E-state index contributed by atoms with van der Waals surface area (Å²) in [7, 11) is 1.19. The minimum absolute atomic E-state index is 0.0682. The smallest absolute Gasteiger partial charge is 0.366 e. The van der Waals surface area contributed by atoms with Gasteiger partial charge in [0.25, 0.3) is 5.79 Å². The van der Waals surface area contributed by atoms with Crippen LogP contribution < -0.4 is 0 Å². The number of fused-ring (bicyclic) bond motifs is 1. The summed E-state index contributed by atoms with van der Waals surface area (Å²) in [4.78, 5) is 12.0. The van der Waals surface area contributed by atoms with Crippen LogP contribution in [-0.4, -0.2) is 66.6 Å². The molecule has 0 unspecified atom stereocenters. The molecule has 3 saturated heterocycles. The van der Waals surface area contributed by atoms with Crippen molar-refractivity contribution < 1.29 is 38.3 Å². The van der Waals surface area contributed by atoms with Gasteiger partial charge < -0.3 is 33.5 Å². The van der Waals surface area contributed by atoms with Gasteiger partial charge >= 0.3 is 5.97 Å². The van der Waals surface area contributed by atoms with Gasteiger partial charge in [0.2, 0.25) is 0 Å². The molecule has 0 aromatic heterocycles. The fraction of sp³-hybridized carbons (Fsp3) is 0.933. The highest BCUT2D eigenvalue weighted by Crippen LogP contribution is 2.43. The lowest BCUT2D eigenvalue weighted by Gasteiger charge is -2.41. The van der Waals surface area contributed by atoms with Crippen LogP contribution >= 0.6 is 0 Å². The Morgan fingerprint density at radius 3 is 2.17 bits per heavy atom. The van der Waals surface area contributed by atoms with Crippen LogP contribution in [0, 0.1) is 0 Å². The highest BCUT2D eigenvalue weighted by Gasteiger charge is 2.60. The monoisotopic (exact) mass is 332 g/mol. The first-order valence-corrected chi connectivity index (χ1v) is 7.71. The molecule has 3 heterocycles. The molecule has 5 atom stereocenters. The van der Waals surface area contributed by atoms with E-state index < -0.39 is 47.7 Å². The van der Waals surface area contributed by atoms with Crippen LogP contribution in [0.15, 0.2) is 0 Å². The van der Waals surface area contributed by atoms with Gasteiger partial charge in [-0.2, -0.15) is 0 Å². The molecule has 23 heavy (non-hydrogen) atoms. The largest absolute Gasteiger partial charge is 0.465 e. The summed E-state index contributed by atoms with van der Waals surface area (Å²) in [6, 6.07) is 0. The van der Waals surface area contributed by atoms with Gasteiger partial charge in [0.1, 0.15) is 18.3 Å². The summed E-state index contributed by atoms with van der Waals surface area (Å²) < 4.78 is 33.5. The molecular weight excluding hydrogens is 308 g/mol. The van der Waals surface area contributed by atoms with Crippen molar-refractivity contribution in [3.8, 4) is 0 Å². The summed E-state index contributed by atoms with van der Waals surface area (Å²) >= 11 is 0. The molecule has 8 nitrogen and oxygen atoms in total. The van der Waals surface area contributed by atoms with Crippen molar-refractivity contribution in [1.82, 2.24) is 0 Å². The Morgan fingerprint density at radius 1 is 1.00 bits per heavy atom. The topological polar surface area (TPSA) is 92.7 Å². The van der Waals surface area contributed by atoms with E-state index in [0.717, 1.165) is 0 Å². The molecule has 1 N–H and O–H groups in total. The number of carbonyl (C=O) groups is 1. The third-order valence-electron chi connectivity index (χ3n) is 4.26. The normalized spacial score (nSPS) is 44.8. The molecule has 3 aliphatic rings. The van der Waals surface area contributed by atoms with E-state index in [0.29, 0.717) is 0 Å². The van der Waals surface area contributed by atoms with Crippen molar-refractivity contribution in [2.45, 2.75) is 75.9 Å². The van der Waals surface area contributed by atoms with Crippen molar-refractivity contribution in [3.05, 3.63) is 0 Å². The summed E-state index contributed by atoms with van der Waals surface area (Å²) in [5.74, 6) is -4.57. The zero-order valence-corrected chi connectivity index (χ0v) is 14.0. The standard InChI is InChI=1S/C15H24O8/c1-13(2)19-7-9(21-13)11-10-8(20-14(3,4)22-10)6-15(17,23-11)12(16)18-5/h8-11,17H,6-7H2,1-5H3/t8-,9-,10-,11-,15-/m1/s1. The van der Waals surface area contributed by atoms with E-state index in [1.54, 1.807) is 27.7 Å². The molecule has 0 radical (unpaired) electrons. The average molecular weight is 332 g/mol. The zero-order valence-electron chi connectivity index (χ0n) is 14.0. The minimum atomic E-state index is -2.10. The molecule has 0 spiro atoms. The molecule has 0 amide bonds. The van der Waals surface area contributed by atoms with Gasteiger partial charge in [-0.3, -0.25) is 0 Å². The van der Waals surface area contributed by atoms with Gasteiger partial charge in [-0.15, -0.1) is 0 Å². The third kappa shape index (κ3) is 3.11. The van der Waals surface area contributed by atoms with Gasteiger partial charge in [-0.05, 0) is 27.7 Å². The lowest BCUT2D eigenvalue weighted by Crippen LogP contribution is -2.61. The second-order valence-corrected chi connectivity index (χ2v) is 7.07. The maximum atomic E-state index is 12.0. The second-order valence-electron chi connectivity index (χ2n) is 7.07. The quantitative estimate of drug-likeness (QED) is 0.722. The number of methoxy groups -OCH3 is 1. The SMILES string of the molecule is COC(=O)[C@@]1(O)C[C@H]2OC(C)(C)O[C@H]2[C@@H]([C@H]2COC(C)(C)O2)O1. The van der Waals surface area contributed by atoms with Crippen LogP contribution in [-0.2, 0) is 33.2 Å². The van der Waals surface area contributed by atoms with Crippen molar-refractivity contribution in [2.24, 2.45) is 0 Å². The van der Waals surface area contributed by atoms with Crippen LogP contribution in [0.1, 0.15) is 34.1 Å². The van der Waals surface area contributed by atoms with Crippen LogP contribution in [0.5, 0.6) is 0 Å². The maximum Gasteiger partial charge on any atom is 0.366 e. The third-order valence-corrected chi connectivity index (χ3v) is 4.26. The Morgan fingerprint density at radius 2 is 1.61 bits per heavy atom. The van der Waals surface area contributed by atoms with Gasteiger partial charge in [0.15, 0.2) is 11.6 Å². The first kappa shape index (κ1) is 17.1. The van der Waals surface area contributed by atoms with E-state index in [9.17, 15) is 9.90 Å². The van der Waals surface area contributed by atoms with Crippen LogP contribution in [0.3, 0.4) is 0 Å². The molecule has 8 heteroatoms. The van der Waals surface area contributed by atoms with E-state index in [-0.39, 0.29) is 13.0 Å². The number of hydrogen-bond acceptors (Lipinski definition) is 8. The van der Waals surface area contributed by atoms with Crippen molar-refractivity contribution in [2.75, 3.05) is 13.7 Å². The lowest BCUT2D eigenvalue weighted by molar-refractivity contribution is -0.298. The van der Waals surface area contributed by atoms with Crippen molar-refractivity contribution in [3.63, 3.8) is 0 Å². The molecule has 0 saturated carbocycles. The van der Waals surface area contributed by atoms with Gasteiger partial charge in [0, 0.05) is 6.42 Å². The number of esters is 1. The number of ether oxygens (including phenoxy) is 6. The predicted octanol–water partition coefficient (Wildman–Crippen LogP) is 0.308. The Kier molecular flexibility index (Phi) is 3.98. The zero-order chi connectivity index (χ0) is 17.0. The van der Waals surface area contributed by atoms with Gasteiger partial charge in [0.05, 0.1) is 19.8 Å². The minimum Gasteiger partial charge on any atom is -0.465 e. The molecule has 3 rings (SSSR count). The van der Waals surface area contributed by atoms with Crippen LogP contribution in [0.2, 0.25) is 0 Å². The van der Waals surface area contributed by atoms with E-state index in [1.165, 1.54) is 7.11 Å². The number of carbonyl (C=O) groups excluding carboxylic acids is 1. The van der Waals surface area contributed by atoms with E-state index in [4.69, 9.17) is 23.7 Å². The molecule has 0 aromatic rings. The van der Waals surface area contributed by atoms with E-state index in [2.05, 4.69) is 4.74 Å². The molecule has 3 aliphatic heterocycles. The van der Waals surface area contributed by atoms with Crippen molar-refractivity contribution in [1.29, 1.82) is 0 Å². The summed E-state index contributed by atoms with van der Waals surface area (Å²) in [6.45, 7) is 7.39. The maximum absolute atomic E-state index is 12.0. The Balaban J connectivity index is 1.87. The Bertz CT molecular complexity index is 490. The van der Waals surface area contributed by atoms with Gasteiger partial charge in [-0.1, -0.05) is 0 Å². The number of hydrogen-bond donors (Lipinski definition) is 1. The number of aliphatic hydroxyl groups is 1. The highest BCUT2D eigenvalue weighted by atomic mass is 16.8. The van der Waals surface area contributed by atoms with Crippen LogP contribution in [0.25, 0.3) is 0 Å². The molecule has 0 aliphatic carbocycles. The van der Waals surface area contributed by atoms with E-state index in [1.807, 2.05) is 0 Å². The fourth-order valence-corrected chi connectivity index (χ4v) is 3.37. The second kappa shape index (κ2) is 5.37. The predicted molar refractivity (Wildman–Crippen MR) is 75.2 cm³/mol. The lowest BCUT2D eigenvalue weighted by atomic mass is 9.93. The first-order valence-electron chi connectivity index (χ1n) is 7.71. The van der Waals surface area contributed by atoms with Gasteiger partial charge in [-0.25, -0.2) is 4.79 Å². The fourth-order valence-electron chi connectivity index (χ4n) is 3.37. The highest BCUT2D eigenvalue weighted by molar-refractivity contribution is 5.77. The van der Waals surface area contributed by atoms with Crippen LogP contribution in [0.4, 0.5) is 0 Å². The molecule has 0 aromatic carbocycles. The first-order chi connectivity index (χ1) is 10.6. The average Bonchev–Trinajstić information content (AvgIpc) is 2.94. The summed E-state index contributed by atoms with van der Waals surface area (Å²) in [5.41, 5.74) is 0. The molecule has 0 bridgehead atoms. The number of rotatable bonds is 2. The Labute approximate surface area is 134 Å². The van der Waals surface area contributed by atoms with Crippen molar-refractivity contribution >= 4 is 5.97 Å². The molecule has 3 fully saturated rings. The molecule has 132 valence electrons. The summed E-state index contributed by atoms with van der Waals surface area (Å²) in [5, 5.41) is 10.6. The Hall–Kier alpha value is -0.770. The summed E-state index contributed by atoms with van der Waals surface area (Å²) in [6.07, 6.45) is -2.27.